The normalized spacial score (nSPS) is 20.1. The van der Waals surface area contributed by atoms with Gasteiger partial charge in [0.25, 0.3) is 10.1 Å². The molecular weight excluding hydrogens is 393 g/mol. The van der Waals surface area contributed by atoms with Gasteiger partial charge in [0.1, 0.15) is 10.7 Å². The molecule has 0 aromatic heterocycles. The lowest BCUT2D eigenvalue weighted by Gasteiger charge is -2.29. The monoisotopic (exact) mass is 406 g/mol. The maximum absolute atomic E-state index is 14.3. The lowest BCUT2D eigenvalue weighted by atomic mass is 9.80. The smallest absolute Gasteiger partial charge is 0.298 e. The Balaban J connectivity index is 2.14. The molecule has 8 heteroatoms. The minimum atomic E-state index is -4.30. The number of hydrogen-bond acceptors (Lipinski definition) is 4. The van der Waals surface area contributed by atoms with Gasteiger partial charge in [-0.25, -0.2) is 17.4 Å². The molecule has 1 unspecified atom stereocenters. The molecule has 0 saturated carbocycles. The topological polar surface area (TPSA) is 63.6 Å². The van der Waals surface area contributed by atoms with Gasteiger partial charge in [0.05, 0.1) is 0 Å². The van der Waals surface area contributed by atoms with Crippen molar-refractivity contribution in [3.8, 4) is 5.75 Å². The predicted molar refractivity (Wildman–Crippen MR) is 93.8 cm³/mol. The summed E-state index contributed by atoms with van der Waals surface area (Å²) in [6, 6.07) is 11.2. The van der Waals surface area contributed by atoms with Crippen LogP contribution in [0.4, 0.5) is 13.2 Å². The Hall–Kier alpha value is -2.84. The Bertz CT molecular complexity index is 1200. The number of phenols is 1. The van der Waals surface area contributed by atoms with Crippen molar-refractivity contribution >= 4 is 10.1 Å². The van der Waals surface area contributed by atoms with Crippen LogP contribution < -0.4 is 0 Å². The van der Waals surface area contributed by atoms with E-state index in [9.17, 15) is 26.7 Å². The van der Waals surface area contributed by atoms with Gasteiger partial charge in [-0.1, -0.05) is 30.3 Å². The van der Waals surface area contributed by atoms with Crippen molar-refractivity contribution in [3.63, 3.8) is 0 Å². The summed E-state index contributed by atoms with van der Waals surface area (Å²) in [5, 5.41) is 9.44. The first-order valence-electron chi connectivity index (χ1n) is 8.17. The van der Waals surface area contributed by atoms with Crippen molar-refractivity contribution in [1.29, 1.82) is 0 Å². The SMILES string of the molecule is Cc1ccc(C2(c3cc(F)c(O)c(F)c3)OS(=O)(=O)c3ccccc32)cc1F. The highest BCUT2D eigenvalue weighted by Gasteiger charge is 2.51. The number of aryl methyl sites for hydroxylation is 1. The summed E-state index contributed by atoms with van der Waals surface area (Å²) >= 11 is 0. The molecule has 4 nitrogen and oxygen atoms in total. The molecule has 1 atom stereocenters. The Morgan fingerprint density at radius 2 is 1.50 bits per heavy atom. The van der Waals surface area contributed by atoms with Gasteiger partial charge in [-0.15, -0.1) is 0 Å². The van der Waals surface area contributed by atoms with E-state index in [0.717, 1.165) is 18.2 Å². The summed E-state index contributed by atoms with van der Waals surface area (Å²) < 4.78 is 73.3. The number of fused-ring (bicyclic) bond motifs is 1. The largest absolute Gasteiger partial charge is 0.503 e. The zero-order chi connectivity index (χ0) is 20.3. The number of halogens is 3. The Morgan fingerprint density at radius 3 is 2.14 bits per heavy atom. The maximum atomic E-state index is 14.3. The molecule has 0 spiro atoms. The molecule has 0 fully saturated rings. The van der Waals surface area contributed by atoms with E-state index in [1.807, 2.05) is 0 Å². The minimum Gasteiger partial charge on any atom is -0.503 e. The zero-order valence-electron chi connectivity index (χ0n) is 14.4. The Kier molecular flexibility index (Phi) is 4.02. The summed E-state index contributed by atoms with van der Waals surface area (Å²) in [5.41, 5.74) is -1.83. The van der Waals surface area contributed by atoms with E-state index in [1.165, 1.54) is 43.3 Å². The van der Waals surface area contributed by atoms with Crippen LogP contribution in [0.5, 0.6) is 5.75 Å². The Labute approximate surface area is 159 Å². The summed E-state index contributed by atoms with van der Waals surface area (Å²) in [5.74, 6) is -4.44. The average molecular weight is 406 g/mol. The van der Waals surface area contributed by atoms with E-state index in [4.69, 9.17) is 4.18 Å². The fourth-order valence-corrected chi connectivity index (χ4v) is 4.81. The summed E-state index contributed by atoms with van der Waals surface area (Å²) in [7, 11) is -4.30. The summed E-state index contributed by atoms with van der Waals surface area (Å²) in [6.45, 7) is 1.52. The van der Waals surface area contributed by atoms with Crippen LogP contribution in [0.1, 0.15) is 22.3 Å². The third-order valence-corrected chi connectivity index (χ3v) is 6.14. The first-order valence-corrected chi connectivity index (χ1v) is 9.58. The lowest BCUT2D eigenvalue weighted by molar-refractivity contribution is 0.178. The van der Waals surface area contributed by atoms with Gasteiger partial charge in [0.15, 0.2) is 23.0 Å². The van der Waals surface area contributed by atoms with Gasteiger partial charge in [0, 0.05) is 11.1 Å². The molecule has 4 rings (SSSR count). The number of aromatic hydroxyl groups is 1. The fraction of sp³-hybridized carbons (Fsp3) is 0.100. The quantitative estimate of drug-likeness (QED) is 0.650. The molecule has 1 N–H and O–H groups in total. The van der Waals surface area contributed by atoms with Gasteiger partial charge < -0.3 is 5.11 Å². The fourth-order valence-electron chi connectivity index (χ4n) is 3.38. The predicted octanol–water partition coefficient (Wildman–Crippen LogP) is 4.13. The molecule has 0 radical (unpaired) electrons. The van der Waals surface area contributed by atoms with Crippen LogP contribution in [0.3, 0.4) is 0 Å². The number of rotatable bonds is 2. The minimum absolute atomic E-state index is 0.0358. The first kappa shape index (κ1) is 18.5. The van der Waals surface area contributed by atoms with E-state index in [0.29, 0.717) is 5.56 Å². The van der Waals surface area contributed by atoms with Gasteiger partial charge in [-0.05, 0) is 42.3 Å². The van der Waals surface area contributed by atoms with Crippen LogP contribution in [0.25, 0.3) is 0 Å². The van der Waals surface area contributed by atoms with Crippen LogP contribution >= 0.6 is 0 Å². The van der Waals surface area contributed by atoms with Crippen molar-refractivity contribution in [3.05, 3.63) is 94.3 Å². The van der Waals surface area contributed by atoms with E-state index in [-0.39, 0.29) is 21.6 Å². The zero-order valence-corrected chi connectivity index (χ0v) is 15.2. The van der Waals surface area contributed by atoms with Crippen molar-refractivity contribution < 1.29 is 30.9 Å². The maximum Gasteiger partial charge on any atom is 0.298 e. The highest BCUT2D eigenvalue weighted by Crippen LogP contribution is 2.51. The van der Waals surface area contributed by atoms with Crippen LogP contribution in [-0.4, -0.2) is 13.5 Å². The highest BCUT2D eigenvalue weighted by molar-refractivity contribution is 7.87. The molecule has 1 heterocycles. The molecule has 144 valence electrons. The Morgan fingerprint density at radius 1 is 0.893 bits per heavy atom. The molecule has 28 heavy (non-hydrogen) atoms. The molecular formula is C20H13F3O4S. The second-order valence-electron chi connectivity index (χ2n) is 6.47. The molecule has 0 aliphatic carbocycles. The summed E-state index contributed by atoms with van der Waals surface area (Å²) in [4.78, 5) is -0.190. The third-order valence-electron chi connectivity index (χ3n) is 4.77. The third kappa shape index (κ3) is 2.52. The van der Waals surface area contributed by atoms with Crippen LogP contribution in [-0.2, 0) is 19.9 Å². The van der Waals surface area contributed by atoms with Crippen molar-refractivity contribution in [1.82, 2.24) is 0 Å². The molecule has 0 saturated heterocycles. The number of phenolic OH excluding ortho intramolecular Hbond substituents is 1. The molecule has 1 aliphatic heterocycles. The summed E-state index contributed by atoms with van der Waals surface area (Å²) in [6.07, 6.45) is 0. The first-order chi connectivity index (χ1) is 13.2. The number of hydrogen-bond donors (Lipinski definition) is 1. The molecule has 0 bridgehead atoms. The van der Waals surface area contributed by atoms with Gasteiger partial charge in [-0.2, -0.15) is 8.42 Å². The van der Waals surface area contributed by atoms with Gasteiger partial charge in [0.2, 0.25) is 0 Å². The highest BCUT2D eigenvalue weighted by atomic mass is 32.2. The molecule has 0 amide bonds. The van der Waals surface area contributed by atoms with E-state index < -0.39 is 38.9 Å². The second kappa shape index (κ2) is 6.08. The van der Waals surface area contributed by atoms with Crippen molar-refractivity contribution in [2.24, 2.45) is 0 Å². The van der Waals surface area contributed by atoms with Crippen LogP contribution in [0.2, 0.25) is 0 Å². The van der Waals surface area contributed by atoms with E-state index in [1.54, 1.807) is 0 Å². The number of benzene rings is 3. The standard InChI is InChI=1S/C20H13F3O4S/c1-11-6-7-12(8-15(11)21)20(13-9-16(22)19(24)17(23)10-13)14-4-2-3-5-18(14)28(25,26)27-20/h2-10,24H,1H3. The average Bonchev–Trinajstić information content (AvgIpc) is 2.90. The van der Waals surface area contributed by atoms with Crippen LogP contribution in [0.15, 0.2) is 59.5 Å². The van der Waals surface area contributed by atoms with Crippen molar-refractivity contribution in [2.75, 3.05) is 0 Å². The molecule has 3 aromatic rings. The van der Waals surface area contributed by atoms with E-state index in [2.05, 4.69) is 0 Å². The lowest BCUT2D eigenvalue weighted by Crippen LogP contribution is -2.30. The van der Waals surface area contributed by atoms with E-state index >= 15 is 0 Å². The van der Waals surface area contributed by atoms with Crippen molar-refractivity contribution in [2.45, 2.75) is 17.4 Å². The van der Waals surface area contributed by atoms with Gasteiger partial charge >= 0.3 is 0 Å². The second-order valence-corrected chi connectivity index (χ2v) is 7.98. The molecule has 1 aliphatic rings. The van der Waals surface area contributed by atoms with Crippen LogP contribution in [0, 0.1) is 24.4 Å². The van der Waals surface area contributed by atoms with Gasteiger partial charge in [-0.3, -0.25) is 0 Å². The molecule has 3 aromatic carbocycles.